The second-order valence-corrected chi connectivity index (χ2v) is 10.4. The first kappa shape index (κ1) is 26.6. The molecule has 0 saturated carbocycles. The number of fused-ring (bicyclic) bond motifs is 1. The van der Waals surface area contributed by atoms with Crippen LogP contribution in [-0.4, -0.2) is 63.7 Å². The van der Waals surface area contributed by atoms with Gasteiger partial charge in [0.15, 0.2) is 11.5 Å². The van der Waals surface area contributed by atoms with Crippen molar-refractivity contribution in [3.63, 3.8) is 0 Å². The molecule has 1 aromatic carbocycles. The van der Waals surface area contributed by atoms with Crippen LogP contribution < -0.4 is 20.7 Å². The predicted octanol–water partition coefficient (Wildman–Crippen LogP) is 2.17. The summed E-state index contributed by atoms with van der Waals surface area (Å²) in [5.74, 6) is 0.317. The normalized spacial score (nSPS) is 15.0. The Balaban J connectivity index is 1.74. The first-order valence-electron chi connectivity index (χ1n) is 11.1. The molecule has 2 heterocycles. The van der Waals surface area contributed by atoms with Crippen molar-refractivity contribution >= 4 is 30.4 Å². The van der Waals surface area contributed by atoms with Crippen LogP contribution in [0.2, 0.25) is 0 Å². The van der Waals surface area contributed by atoms with E-state index >= 15 is 0 Å². The van der Waals surface area contributed by atoms with Gasteiger partial charge in [-0.15, -0.1) is 0 Å². The summed E-state index contributed by atoms with van der Waals surface area (Å²) in [4.78, 5) is 25.1. The minimum absolute atomic E-state index is 0.00159. The lowest BCUT2D eigenvalue weighted by Crippen LogP contribution is -2.48. The van der Waals surface area contributed by atoms with Crippen molar-refractivity contribution in [1.29, 1.82) is 0 Å². The van der Waals surface area contributed by atoms with Gasteiger partial charge in [0.25, 0.3) is 0 Å². The summed E-state index contributed by atoms with van der Waals surface area (Å²) < 4.78 is 32.6. The van der Waals surface area contributed by atoms with E-state index in [0.29, 0.717) is 23.5 Å². The van der Waals surface area contributed by atoms with Crippen molar-refractivity contribution < 1.29 is 23.4 Å². The summed E-state index contributed by atoms with van der Waals surface area (Å²) in [5, 5.41) is 5.65. The number of nitrogens with two attached hydrogens (primary N) is 1. The number of imidazole rings is 1. The molecule has 0 saturated heterocycles. The average molecular weight is 506 g/mol. The van der Waals surface area contributed by atoms with Crippen molar-refractivity contribution in [2.75, 3.05) is 25.8 Å². The maximum atomic E-state index is 13.9. The Morgan fingerprint density at radius 1 is 1.17 bits per heavy atom. The number of carbonyl (C=O) groups is 1. The monoisotopic (exact) mass is 505 g/mol. The minimum atomic E-state index is -3.71. The molecule has 0 unspecified atom stereocenters. The van der Waals surface area contributed by atoms with E-state index in [-0.39, 0.29) is 30.7 Å². The smallest absolute Gasteiger partial charge is 0.342 e. The van der Waals surface area contributed by atoms with E-state index in [2.05, 4.69) is 25.4 Å². The second-order valence-electron chi connectivity index (χ2n) is 8.31. The number of nitrogens with one attached hydrogen (secondary N) is 2. The van der Waals surface area contributed by atoms with E-state index in [1.54, 1.807) is 35.2 Å². The lowest BCUT2D eigenvalue weighted by molar-refractivity contribution is -0.124. The van der Waals surface area contributed by atoms with E-state index in [9.17, 15) is 9.36 Å². The molecule has 3 aromatic rings. The number of anilines is 1. The SMILES string of the molecule is COC[C@H](N[P@](=O)(CO[C@H](C)Cn1cnc2c(N)ncnc21)Oc1ccccc1)C(=O)NC(C)C. The summed E-state index contributed by atoms with van der Waals surface area (Å²) in [7, 11) is -2.24. The topological polar surface area (TPSA) is 156 Å². The zero-order chi connectivity index (χ0) is 25.4. The van der Waals surface area contributed by atoms with Crippen LogP contribution in [0.5, 0.6) is 5.75 Å². The minimum Gasteiger partial charge on any atom is -0.431 e. The number of rotatable bonds is 13. The highest BCUT2D eigenvalue weighted by molar-refractivity contribution is 7.57. The molecule has 13 heteroatoms. The first-order chi connectivity index (χ1) is 16.7. The Bertz CT molecular complexity index is 1160. The van der Waals surface area contributed by atoms with E-state index in [0.717, 1.165) is 0 Å². The first-order valence-corrected chi connectivity index (χ1v) is 13.0. The average Bonchev–Trinajstić information content (AvgIpc) is 3.22. The molecule has 1 amide bonds. The molecule has 0 fully saturated rings. The number of ether oxygens (including phenoxy) is 2. The van der Waals surface area contributed by atoms with Crippen LogP contribution in [0.25, 0.3) is 11.2 Å². The third-order valence-corrected chi connectivity index (χ3v) is 6.54. The fraction of sp³-hybridized carbons (Fsp3) is 0.455. The third-order valence-electron chi connectivity index (χ3n) is 4.84. The van der Waals surface area contributed by atoms with E-state index < -0.39 is 19.7 Å². The van der Waals surface area contributed by atoms with Gasteiger partial charge in [-0.3, -0.25) is 9.36 Å². The summed E-state index contributed by atoms with van der Waals surface area (Å²) in [6.45, 7) is 5.86. The molecule has 4 N–H and O–H groups in total. The maximum Gasteiger partial charge on any atom is 0.342 e. The lowest BCUT2D eigenvalue weighted by Gasteiger charge is -2.27. The van der Waals surface area contributed by atoms with Crippen molar-refractivity contribution in [2.45, 2.75) is 45.5 Å². The van der Waals surface area contributed by atoms with Gasteiger partial charge in [-0.1, -0.05) is 18.2 Å². The van der Waals surface area contributed by atoms with Crippen LogP contribution in [0.15, 0.2) is 43.0 Å². The highest BCUT2D eigenvalue weighted by Crippen LogP contribution is 2.44. The number of carbonyl (C=O) groups excluding carboxylic acids is 1. The molecule has 2 aromatic heterocycles. The largest absolute Gasteiger partial charge is 0.431 e. The molecule has 3 rings (SSSR count). The molecule has 0 spiro atoms. The summed E-state index contributed by atoms with van der Waals surface area (Å²) in [5.41, 5.74) is 6.92. The Morgan fingerprint density at radius 3 is 2.60 bits per heavy atom. The summed E-state index contributed by atoms with van der Waals surface area (Å²) >= 11 is 0. The van der Waals surface area contributed by atoms with Crippen LogP contribution in [-0.2, 0) is 25.4 Å². The fourth-order valence-corrected chi connectivity index (χ4v) is 5.05. The Kier molecular flexibility index (Phi) is 9.16. The molecule has 12 nitrogen and oxygen atoms in total. The number of nitrogen functional groups attached to an aromatic ring is 1. The van der Waals surface area contributed by atoms with Crippen LogP contribution in [0.3, 0.4) is 0 Å². The molecule has 3 atom stereocenters. The Labute approximate surface area is 204 Å². The highest BCUT2D eigenvalue weighted by atomic mass is 31.2. The van der Waals surface area contributed by atoms with E-state index in [1.807, 2.05) is 26.8 Å². The molecule has 35 heavy (non-hydrogen) atoms. The van der Waals surface area contributed by atoms with Gasteiger partial charge in [-0.2, -0.15) is 0 Å². The fourth-order valence-electron chi connectivity index (χ4n) is 3.29. The molecule has 0 aliphatic rings. The standard InChI is InChI=1S/C22H32N7O5P/c1-15(2)27-22(30)18(11-32-4)28-35(31,34-17-8-6-5-7-9-17)14-33-16(3)10-29-13-26-19-20(23)24-12-25-21(19)29/h5-9,12-13,15-16,18H,10-11,14H2,1-4H3,(H,27,30)(H,28,31)(H2,23,24,25)/t16-,18+,35+/m1/s1. The number of benzene rings is 1. The second kappa shape index (κ2) is 12.1. The summed E-state index contributed by atoms with van der Waals surface area (Å²) in [6, 6.07) is 7.69. The van der Waals surface area contributed by atoms with Crippen LogP contribution in [0, 0.1) is 0 Å². The van der Waals surface area contributed by atoms with Gasteiger partial charge in [0.1, 0.15) is 30.0 Å². The molecular weight excluding hydrogens is 473 g/mol. The van der Waals surface area contributed by atoms with Crippen LogP contribution >= 0.6 is 7.52 Å². The zero-order valence-electron chi connectivity index (χ0n) is 20.2. The van der Waals surface area contributed by atoms with Gasteiger partial charge in [-0.05, 0) is 32.9 Å². The number of methoxy groups -OCH3 is 1. The van der Waals surface area contributed by atoms with Crippen molar-refractivity contribution in [2.24, 2.45) is 0 Å². The number of hydrogen-bond acceptors (Lipinski definition) is 9. The van der Waals surface area contributed by atoms with Gasteiger partial charge in [0, 0.05) is 13.2 Å². The molecule has 190 valence electrons. The summed E-state index contributed by atoms with van der Waals surface area (Å²) in [6.07, 6.45) is 2.27. The van der Waals surface area contributed by atoms with Crippen molar-refractivity contribution in [1.82, 2.24) is 29.9 Å². The van der Waals surface area contributed by atoms with Gasteiger partial charge in [-0.25, -0.2) is 20.0 Å². The Hall–Kier alpha value is -3.05. The number of nitrogens with zero attached hydrogens (tertiary/aromatic N) is 4. The number of amides is 1. The van der Waals surface area contributed by atoms with Crippen molar-refractivity contribution in [3.8, 4) is 5.75 Å². The highest BCUT2D eigenvalue weighted by Gasteiger charge is 2.33. The van der Waals surface area contributed by atoms with E-state index in [1.165, 1.54) is 13.4 Å². The molecule has 0 bridgehead atoms. The quantitative estimate of drug-likeness (QED) is 0.294. The van der Waals surface area contributed by atoms with Gasteiger partial charge < -0.3 is 29.6 Å². The third kappa shape index (κ3) is 7.46. The Morgan fingerprint density at radius 2 is 1.91 bits per heavy atom. The van der Waals surface area contributed by atoms with Gasteiger partial charge >= 0.3 is 7.52 Å². The van der Waals surface area contributed by atoms with Gasteiger partial charge in [0.05, 0.1) is 25.6 Å². The van der Waals surface area contributed by atoms with Gasteiger partial charge in [0.2, 0.25) is 5.91 Å². The molecule has 0 aliphatic heterocycles. The molecular formula is C22H32N7O5P. The van der Waals surface area contributed by atoms with Crippen molar-refractivity contribution in [3.05, 3.63) is 43.0 Å². The molecule has 0 aliphatic carbocycles. The van der Waals surface area contributed by atoms with Crippen LogP contribution in [0.4, 0.5) is 5.82 Å². The maximum absolute atomic E-state index is 13.9. The number of aromatic nitrogens is 4. The van der Waals surface area contributed by atoms with Crippen LogP contribution in [0.1, 0.15) is 20.8 Å². The molecule has 0 radical (unpaired) electrons. The number of para-hydroxylation sites is 1. The zero-order valence-corrected chi connectivity index (χ0v) is 21.1. The lowest BCUT2D eigenvalue weighted by atomic mass is 10.3. The number of hydrogen-bond donors (Lipinski definition) is 3. The predicted molar refractivity (Wildman–Crippen MR) is 132 cm³/mol. The van der Waals surface area contributed by atoms with E-state index in [4.69, 9.17) is 19.7 Å².